The molecular formula is C12H15N3O2. The Balaban J connectivity index is 2.47. The van der Waals surface area contributed by atoms with Crippen molar-refractivity contribution in [1.82, 2.24) is 15.0 Å². The highest BCUT2D eigenvalue weighted by molar-refractivity contribution is 6.00. The minimum Gasteiger partial charge on any atom is -0.478 e. The molecule has 0 amide bonds. The lowest BCUT2D eigenvalue weighted by Crippen LogP contribution is -2.08. The second kappa shape index (κ2) is 4.53. The van der Waals surface area contributed by atoms with Crippen molar-refractivity contribution in [2.45, 2.75) is 26.8 Å². The number of fused-ring (bicyclic) bond motifs is 1. The van der Waals surface area contributed by atoms with Gasteiger partial charge in [-0.15, -0.1) is 5.10 Å². The van der Waals surface area contributed by atoms with Gasteiger partial charge in [0.2, 0.25) is 0 Å². The monoisotopic (exact) mass is 233 g/mol. The first kappa shape index (κ1) is 11.6. The van der Waals surface area contributed by atoms with E-state index in [-0.39, 0.29) is 5.56 Å². The number of nitrogens with zero attached hydrogens (tertiary/aromatic N) is 3. The summed E-state index contributed by atoms with van der Waals surface area (Å²) in [5, 5.41) is 17.0. The average molecular weight is 233 g/mol. The largest absolute Gasteiger partial charge is 0.478 e. The summed E-state index contributed by atoms with van der Waals surface area (Å²) in [6, 6.07) is 5.12. The van der Waals surface area contributed by atoms with Gasteiger partial charge < -0.3 is 5.11 Å². The molecule has 0 aliphatic carbocycles. The summed E-state index contributed by atoms with van der Waals surface area (Å²) in [5.41, 5.74) is 1.45. The minimum atomic E-state index is -0.966. The molecule has 1 unspecified atom stereocenters. The van der Waals surface area contributed by atoms with Gasteiger partial charge in [0.05, 0.1) is 11.1 Å². The van der Waals surface area contributed by atoms with Crippen molar-refractivity contribution in [2.24, 2.45) is 5.92 Å². The van der Waals surface area contributed by atoms with Crippen LogP contribution in [0.1, 0.15) is 30.6 Å². The van der Waals surface area contributed by atoms with E-state index in [1.165, 1.54) is 0 Å². The predicted octanol–water partition coefficient (Wildman–Crippen LogP) is 2.18. The number of hydrogen-bond acceptors (Lipinski definition) is 3. The van der Waals surface area contributed by atoms with Crippen LogP contribution in [0.25, 0.3) is 11.0 Å². The fraction of sp³-hybridized carbons (Fsp3) is 0.417. The maximum Gasteiger partial charge on any atom is 0.338 e. The number of rotatable bonds is 4. The smallest absolute Gasteiger partial charge is 0.338 e. The molecule has 0 aliphatic heterocycles. The van der Waals surface area contributed by atoms with Gasteiger partial charge in [-0.3, -0.25) is 0 Å². The summed E-state index contributed by atoms with van der Waals surface area (Å²) in [7, 11) is 0. The predicted molar refractivity (Wildman–Crippen MR) is 63.9 cm³/mol. The van der Waals surface area contributed by atoms with Gasteiger partial charge in [0, 0.05) is 6.54 Å². The van der Waals surface area contributed by atoms with Gasteiger partial charge in [-0.2, -0.15) is 0 Å². The number of aromatic nitrogens is 3. The summed E-state index contributed by atoms with van der Waals surface area (Å²) in [4.78, 5) is 11.0. The zero-order chi connectivity index (χ0) is 12.4. The van der Waals surface area contributed by atoms with Gasteiger partial charge >= 0.3 is 5.97 Å². The second-order valence-electron chi connectivity index (χ2n) is 4.26. The third kappa shape index (κ3) is 2.13. The van der Waals surface area contributed by atoms with Crippen LogP contribution in [0.2, 0.25) is 0 Å². The molecule has 0 aliphatic rings. The molecule has 1 aromatic carbocycles. The van der Waals surface area contributed by atoms with Crippen molar-refractivity contribution in [3.8, 4) is 0 Å². The van der Waals surface area contributed by atoms with E-state index in [0.29, 0.717) is 11.4 Å². The number of hydrogen-bond donors (Lipinski definition) is 1. The maximum absolute atomic E-state index is 11.0. The van der Waals surface area contributed by atoms with Crippen molar-refractivity contribution in [3.63, 3.8) is 0 Å². The molecule has 2 rings (SSSR count). The molecule has 0 radical (unpaired) electrons. The Morgan fingerprint density at radius 3 is 2.94 bits per heavy atom. The van der Waals surface area contributed by atoms with E-state index in [4.69, 9.17) is 5.11 Å². The third-order valence-electron chi connectivity index (χ3n) is 2.96. The Morgan fingerprint density at radius 2 is 2.29 bits per heavy atom. The molecule has 1 atom stereocenters. The topological polar surface area (TPSA) is 68.0 Å². The van der Waals surface area contributed by atoms with Gasteiger partial charge in [0.1, 0.15) is 5.52 Å². The van der Waals surface area contributed by atoms with E-state index < -0.39 is 5.97 Å². The molecule has 5 heteroatoms. The Labute approximate surface area is 99.1 Å². The normalized spacial score (nSPS) is 12.8. The number of benzene rings is 1. The fourth-order valence-electron chi connectivity index (χ4n) is 1.72. The molecule has 0 bridgehead atoms. The van der Waals surface area contributed by atoms with E-state index in [1.54, 1.807) is 16.8 Å². The molecule has 2 aromatic rings. The highest BCUT2D eigenvalue weighted by Gasteiger charge is 2.14. The summed E-state index contributed by atoms with van der Waals surface area (Å²) < 4.78 is 1.77. The maximum atomic E-state index is 11.0. The average Bonchev–Trinajstić information content (AvgIpc) is 2.72. The number of carboxylic acid groups (broad SMARTS) is 1. The summed E-state index contributed by atoms with van der Waals surface area (Å²) >= 11 is 0. The minimum absolute atomic E-state index is 0.206. The van der Waals surface area contributed by atoms with Gasteiger partial charge in [-0.1, -0.05) is 31.5 Å². The van der Waals surface area contributed by atoms with Gasteiger partial charge in [0.25, 0.3) is 0 Å². The molecule has 0 fully saturated rings. The van der Waals surface area contributed by atoms with E-state index in [9.17, 15) is 4.79 Å². The zero-order valence-electron chi connectivity index (χ0n) is 9.92. The quantitative estimate of drug-likeness (QED) is 0.878. The Kier molecular flexibility index (Phi) is 3.08. The molecule has 1 heterocycles. The van der Waals surface area contributed by atoms with Crippen molar-refractivity contribution in [2.75, 3.05) is 0 Å². The van der Waals surface area contributed by atoms with Crippen LogP contribution in [0.4, 0.5) is 0 Å². The van der Waals surface area contributed by atoms with Gasteiger partial charge in [-0.05, 0) is 18.1 Å². The number of carboxylic acids is 1. The SMILES string of the molecule is CCC(C)Cn1nnc2c(C(=O)O)cccc21. The zero-order valence-corrected chi connectivity index (χ0v) is 9.92. The van der Waals surface area contributed by atoms with Crippen LogP contribution in [0.15, 0.2) is 18.2 Å². The number of aromatic carboxylic acids is 1. The summed E-state index contributed by atoms with van der Waals surface area (Å²) in [6.45, 7) is 5.01. The van der Waals surface area contributed by atoms with Crippen molar-refractivity contribution in [1.29, 1.82) is 0 Å². The first-order valence-corrected chi connectivity index (χ1v) is 5.69. The van der Waals surface area contributed by atoms with E-state index in [1.807, 2.05) is 6.07 Å². The number of carbonyl (C=O) groups is 1. The Bertz CT molecular complexity index is 548. The summed E-state index contributed by atoms with van der Waals surface area (Å²) in [5.74, 6) is -0.473. The van der Waals surface area contributed by atoms with E-state index in [0.717, 1.165) is 18.5 Å². The van der Waals surface area contributed by atoms with Crippen LogP contribution in [0, 0.1) is 5.92 Å². The van der Waals surface area contributed by atoms with Crippen LogP contribution < -0.4 is 0 Å². The van der Waals surface area contributed by atoms with E-state index in [2.05, 4.69) is 24.2 Å². The van der Waals surface area contributed by atoms with E-state index >= 15 is 0 Å². The highest BCUT2D eigenvalue weighted by Crippen LogP contribution is 2.17. The Hall–Kier alpha value is -1.91. The standard InChI is InChI=1S/C12H15N3O2/c1-3-8(2)7-15-10-6-4-5-9(12(16)17)11(10)13-14-15/h4-6,8H,3,7H2,1-2H3,(H,16,17). The molecule has 1 aromatic heterocycles. The van der Waals surface area contributed by atoms with Crippen LogP contribution in [-0.4, -0.2) is 26.1 Å². The van der Waals surface area contributed by atoms with Gasteiger partial charge in [-0.25, -0.2) is 9.48 Å². The highest BCUT2D eigenvalue weighted by atomic mass is 16.4. The van der Waals surface area contributed by atoms with Crippen LogP contribution in [0.3, 0.4) is 0 Å². The van der Waals surface area contributed by atoms with Crippen LogP contribution in [-0.2, 0) is 6.54 Å². The lowest BCUT2D eigenvalue weighted by Gasteiger charge is -2.08. The third-order valence-corrected chi connectivity index (χ3v) is 2.96. The first-order chi connectivity index (χ1) is 8.13. The second-order valence-corrected chi connectivity index (χ2v) is 4.26. The molecule has 1 N–H and O–H groups in total. The molecular weight excluding hydrogens is 218 g/mol. The lowest BCUT2D eigenvalue weighted by atomic mass is 10.1. The van der Waals surface area contributed by atoms with Crippen molar-refractivity contribution < 1.29 is 9.90 Å². The fourth-order valence-corrected chi connectivity index (χ4v) is 1.72. The van der Waals surface area contributed by atoms with Crippen LogP contribution >= 0.6 is 0 Å². The van der Waals surface area contributed by atoms with Crippen LogP contribution in [0.5, 0.6) is 0 Å². The summed E-state index contributed by atoms with van der Waals surface area (Å²) in [6.07, 6.45) is 1.06. The molecule has 0 saturated carbocycles. The van der Waals surface area contributed by atoms with Gasteiger partial charge in [0.15, 0.2) is 0 Å². The van der Waals surface area contributed by atoms with Crippen molar-refractivity contribution >= 4 is 17.0 Å². The lowest BCUT2D eigenvalue weighted by molar-refractivity contribution is 0.0699. The molecule has 90 valence electrons. The molecule has 5 nitrogen and oxygen atoms in total. The molecule has 0 spiro atoms. The Morgan fingerprint density at radius 1 is 1.53 bits per heavy atom. The molecule has 17 heavy (non-hydrogen) atoms. The molecule has 0 saturated heterocycles. The first-order valence-electron chi connectivity index (χ1n) is 5.69. The van der Waals surface area contributed by atoms with Crippen molar-refractivity contribution in [3.05, 3.63) is 23.8 Å².